The first-order valence-electron chi connectivity index (χ1n) is 17.0. The molecule has 1 aliphatic heterocycles. The minimum absolute atomic E-state index is 0.149. The lowest BCUT2D eigenvalue weighted by atomic mass is 9.96. The lowest BCUT2D eigenvalue weighted by Gasteiger charge is -2.46. The number of benzene rings is 5. The Hall–Kier alpha value is -4.71. The fraction of sp³-hybridized carbons (Fsp3) is 0.214. The highest BCUT2D eigenvalue weighted by Gasteiger charge is 2.49. The first-order chi connectivity index (χ1) is 25.5. The summed E-state index contributed by atoms with van der Waals surface area (Å²) in [6.45, 7) is 1.12. The summed E-state index contributed by atoms with van der Waals surface area (Å²) < 4.78 is 71.2. The Kier molecular flexibility index (Phi) is 11.8. The number of thioether (sulfide) groups is 1. The second-order valence-corrected chi connectivity index (χ2v) is 13.6. The van der Waals surface area contributed by atoms with E-state index in [0.717, 1.165) is 33.7 Å². The van der Waals surface area contributed by atoms with Gasteiger partial charge in [-0.3, -0.25) is 4.68 Å². The first kappa shape index (κ1) is 35.7. The van der Waals surface area contributed by atoms with Gasteiger partial charge in [0, 0.05) is 16.7 Å². The molecular formula is C42H37F3N2O4S. The van der Waals surface area contributed by atoms with Crippen LogP contribution in [0.15, 0.2) is 151 Å². The molecule has 0 amide bonds. The third-order valence-corrected chi connectivity index (χ3v) is 9.96. The van der Waals surface area contributed by atoms with Gasteiger partial charge in [0.2, 0.25) is 0 Å². The average Bonchev–Trinajstić information content (AvgIpc) is 3.67. The molecule has 0 saturated carbocycles. The van der Waals surface area contributed by atoms with Crippen LogP contribution < -0.4 is 0 Å². The van der Waals surface area contributed by atoms with Gasteiger partial charge in [-0.15, -0.1) is 0 Å². The van der Waals surface area contributed by atoms with Crippen LogP contribution in [0, 0.1) is 17.5 Å². The zero-order chi connectivity index (χ0) is 35.7. The van der Waals surface area contributed by atoms with Gasteiger partial charge < -0.3 is 18.9 Å². The van der Waals surface area contributed by atoms with E-state index in [0.29, 0.717) is 12.2 Å². The maximum atomic E-state index is 14.4. The zero-order valence-electron chi connectivity index (χ0n) is 28.1. The van der Waals surface area contributed by atoms with Crippen molar-refractivity contribution < 1.29 is 32.1 Å². The Balaban J connectivity index is 1.29. The molecule has 0 aliphatic carbocycles. The molecule has 0 bridgehead atoms. The van der Waals surface area contributed by atoms with Crippen LogP contribution in [0.2, 0.25) is 0 Å². The summed E-state index contributed by atoms with van der Waals surface area (Å²) in [6, 6.07) is 40.8. The third kappa shape index (κ3) is 8.83. The van der Waals surface area contributed by atoms with Gasteiger partial charge in [0.15, 0.2) is 17.5 Å². The summed E-state index contributed by atoms with van der Waals surface area (Å²) in [6.07, 6.45) is 1.32. The van der Waals surface area contributed by atoms with Crippen molar-refractivity contribution in [2.75, 3.05) is 6.61 Å². The fourth-order valence-electron chi connectivity index (χ4n) is 6.21. The van der Waals surface area contributed by atoms with Crippen molar-refractivity contribution >= 4 is 11.8 Å². The zero-order valence-corrected chi connectivity index (χ0v) is 29.0. The van der Waals surface area contributed by atoms with Crippen LogP contribution in [0.25, 0.3) is 11.1 Å². The Morgan fingerprint density at radius 1 is 0.635 bits per heavy atom. The number of rotatable bonds is 14. The van der Waals surface area contributed by atoms with Crippen LogP contribution in [-0.2, 0) is 38.8 Å². The molecule has 1 aliphatic rings. The smallest absolute Gasteiger partial charge is 0.194 e. The van der Waals surface area contributed by atoms with Crippen molar-refractivity contribution in [2.45, 2.75) is 54.5 Å². The van der Waals surface area contributed by atoms with Crippen LogP contribution in [0.1, 0.15) is 22.7 Å². The predicted molar refractivity (Wildman–Crippen MR) is 194 cm³/mol. The molecule has 1 saturated heterocycles. The Labute approximate surface area is 305 Å². The van der Waals surface area contributed by atoms with E-state index in [1.54, 1.807) is 10.9 Å². The average molecular weight is 723 g/mol. The number of hydrogen-bond acceptors (Lipinski definition) is 6. The summed E-state index contributed by atoms with van der Waals surface area (Å²) in [5, 5.41) is 4.72. The molecule has 7 rings (SSSR count). The third-order valence-electron chi connectivity index (χ3n) is 8.80. The van der Waals surface area contributed by atoms with Crippen molar-refractivity contribution in [1.29, 1.82) is 0 Å². The van der Waals surface area contributed by atoms with E-state index < -0.39 is 47.2 Å². The van der Waals surface area contributed by atoms with Gasteiger partial charge in [-0.05, 0) is 46.5 Å². The standard InChI is InChI=1S/C42H37F3N2O4S/c43-35-21-32(22-36(44)38(35)45)33-23-46-47(24-33)39-40(49-26-30-15-7-2-8-16-30)37(28-48-25-29-13-5-1-6-14-29)51-42(52-34-19-11-4-12-20-34)41(39)50-27-31-17-9-3-10-18-31/h1-24,37,39-42H,25-28H2/t37-,39+,40+,41-,42+/m1/s1. The van der Waals surface area contributed by atoms with E-state index in [2.05, 4.69) is 0 Å². The number of nitrogens with zero attached hydrogens (tertiary/aromatic N) is 2. The van der Waals surface area contributed by atoms with Gasteiger partial charge in [0.1, 0.15) is 29.8 Å². The topological polar surface area (TPSA) is 54.7 Å². The van der Waals surface area contributed by atoms with Crippen LogP contribution >= 0.6 is 11.8 Å². The van der Waals surface area contributed by atoms with Crippen molar-refractivity contribution in [3.8, 4) is 11.1 Å². The van der Waals surface area contributed by atoms with E-state index in [-0.39, 0.29) is 25.4 Å². The molecule has 0 N–H and O–H groups in total. The molecule has 5 aromatic carbocycles. The molecule has 10 heteroatoms. The number of halogens is 3. The van der Waals surface area contributed by atoms with Crippen LogP contribution in [0.5, 0.6) is 0 Å². The molecule has 0 spiro atoms. The minimum Gasteiger partial charge on any atom is -0.374 e. The van der Waals surface area contributed by atoms with Crippen molar-refractivity contribution in [3.05, 3.63) is 180 Å². The maximum absolute atomic E-state index is 14.4. The lowest BCUT2D eigenvalue weighted by molar-refractivity contribution is -0.217. The quantitative estimate of drug-likeness (QED) is 0.105. The second-order valence-electron chi connectivity index (χ2n) is 12.5. The van der Waals surface area contributed by atoms with Crippen molar-refractivity contribution in [2.24, 2.45) is 0 Å². The SMILES string of the molecule is Fc1cc(-c2cnn([C@H]3[C@@H](OCc4ccccc4)[C@@H](COCc4ccccc4)O[C@@H](Sc4ccccc4)[C@@H]3OCc3ccccc3)c2)cc(F)c1F. The molecule has 0 radical (unpaired) electrons. The Bertz CT molecular complexity index is 1980. The highest BCUT2D eigenvalue weighted by Crippen LogP contribution is 2.42. The summed E-state index contributed by atoms with van der Waals surface area (Å²) in [7, 11) is 0. The molecule has 266 valence electrons. The van der Waals surface area contributed by atoms with E-state index in [4.69, 9.17) is 24.0 Å². The molecule has 5 atom stereocenters. The van der Waals surface area contributed by atoms with Gasteiger partial charge in [0.25, 0.3) is 0 Å². The summed E-state index contributed by atoms with van der Waals surface area (Å²) in [5.74, 6) is -4.09. The van der Waals surface area contributed by atoms with Gasteiger partial charge >= 0.3 is 0 Å². The van der Waals surface area contributed by atoms with Crippen LogP contribution in [0.4, 0.5) is 13.2 Å². The van der Waals surface area contributed by atoms with Gasteiger partial charge in [0.05, 0.1) is 32.6 Å². The van der Waals surface area contributed by atoms with Gasteiger partial charge in [-0.25, -0.2) is 13.2 Å². The van der Waals surface area contributed by atoms with E-state index >= 15 is 0 Å². The monoisotopic (exact) mass is 722 g/mol. The molecule has 6 aromatic rings. The maximum Gasteiger partial charge on any atom is 0.194 e. The lowest BCUT2D eigenvalue weighted by Crippen LogP contribution is -2.57. The van der Waals surface area contributed by atoms with Crippen molar-refractivity contribution in [3.63, 3.8) is 0 Å². The summed E-state index contributed by atoms with van der Waals surface area (Å²) >= 11 is 1.52. The predicted octanol–water partition coefficient (Wildman–Crippen LogP) is 9.41. The fourth-order valence-corrected chi connectivity index (χ4v) is 7.37. The Morgan fingerprint density at radius 3 is 1.73 bits per heavy atom. The number of ether oxygens (including phenoxy) is 4. The minimum atomic E-state index is -1.52. The first-order valence-corrected chi connectivity index (χ1v) is 17.9. The molecule has 6 nitrogen and oxygen atoms in total. The van der Waals surface area contributed by atoms with Gasteiger partial charge in [-0.2, -0.15) is 5.10 Å². The summed E-state index contributed by atoms with van der Waals surface area (Å²) in [4.78, 5) is 0.977. The molecular weight excluding hydrogens is 686 g/mol. The summed E-state index contributed by atoms with van der Waals surface area (Å²) in [5.41, 5.74) is 2.95. The number of hydrogen-bond donors (Lipinski definition) is 0. The van der Waals surface area contributed by atoms with Gasteiger partial charge in [-0.1, -0.05) is 121 Å². The van der Waals surface area contributed by atoms with Crippen LogP contribution in [-0.4, -0.2) is 40.1 Å². The van der Waals surface area contributed by atoms with E-state index in [9.17, 15) is 13.2 Å². The number of aromatic nitrogens is 2. The van der Waals surface area contributed by atoms with E-state index in [1.807, 2.05) is 121 Å². The van der Waals surface area contributed by atoms with Crippen molar-refractivity contribution in [1.82, 2.24) is 9.78 Å². The molecule has 1 fully saturated rings. The Morgan fingerprint density at radius 2 is 1.15 bits per heavy atom. The largest absolute Gasteiger partial charge is 0.374 e. The normalized spacial score (nSPS) is 20.2. The highest BCUT2D eigenvalue weighted by atomic mass is 32.2. The molecule has 0 unspecified atom stereocenters. The second kappa shape index (κ2) is 17.2. The molecule has 52 heavy (non-hydrogen) atoms. The molecule has 2 heterocycles. The van der Waals surface area contributed by atoms with E-state index in [1.165, 1.54) is 18.0 Å². The highest BCUT2D eigenvalue weighted by molar-refractivity contribution is 7.99. The van der Waals surface area contributed by atoms with Crippen LogP contribution in [0.3, 0.4) is 0 Å². The molecule has 1 aromatic heterocycles.